The molecule has 2 N–H and O–H groups in total. The van der Waals surface area contributed by atoms with Crippen molar-refractivity contribution >= 4 is 34.1 Å². The van der Waals surface area contributed by atoms with Gasteiger partial charge < -0.3 is 15.3 Å². The van der Waals surface area contributed by atoms with Crippen LogP contribution in [0.25, 0.3) is 0 Å². The average Bonchev–Trinajstić information content (AvgIpc) is 3.01. The zero-order chi connectivity index (χ0) is 25.8. The lowest BCUT2D eigenvalue weighted by atomic mass is 10.2. The Labute approximate surface area is 231 Å². The molecular weight excluding hydrogens is 476 g/mol. The third kappa shape index (κ3) is 7.01. The molecule has 3 heteroatoms. The molecule has 0 amide bonds. The topological polar surface area (TPSA) is 38.0 Å². The highest BCUT2D eigenvalue weighted by Gasteiger charge is 2.11. The van der Waals surface area contributed by atoms with Gasteiger partial charge in [-0.05, 0) is 72.8 Å². The minimum atomic E-state index is 0. The van der Waals surface area contributed by atoms with E-state index in [-0.39, 0.29) is 5.48 Å². The van der Waals surface area contributed by atoms with Crippen molar-refractivity contribution in [1.82, 2.24) is 0 Å². The molecule has 6 aromatic rings. The first-order chi connectivity index (χ1) is 18.9. The van der Waals surface area contributed by atoms with Crippen molar-refractivity contribution in [2.75, 3.05) is 9.80 Å². The molecule has 0 aromatic heterocycles. The molecule has 192 valence electrons. The molecule has 0 saturated carbocycles. The Hall–Kier alpha value is -5.12. The van der Waals surface area contributed by atoms with Gasteiger partial charge in [-0.15, -0.1) is 0 Å². The number of hydrogen-bond acceptors (Lipinski definition) is 2. The van der Waals surface area contributed by atoms with Gasteiger partial charge in [0.15, 0.2) is 0 Å². The van der Waals surface area contributed by atoms with Gasteiger partial charge >= 0.3 is 0 Å². The van der Waals surface area contributed by atoms with Crippen molar-refractivity contribution in [2.45, 2.75) is 0 Å². The standard InChI is InChI=1S/2C18H15N.H2O/c2*1-4-10-16(11-5-1)19(17-12-6-2-7-13-17)18-14-8-3-9-15-18;/h2*1-15H;1H2. The Bertz CT molecular complexity index is 1170. The molecule has 0 fully saturated rings. The van der Waals surface area contributed by atoms with Crippen LogP contribution >= 0.6 is 0 Å². The summed E-state index contributed by atoms with van der Waals surface area (Å²) in [5.74, 6) is 0. The monoisotopic (exact) mass is 508 g/mol. The summed E-state index contributed by atoms with van der Waals surface area (Å²) in [5, 5.41) is 0. The Kier molecular flexibility index (Phi) is 9.66. The maximum Gasteiger partial charge on any atom is 0.0461 e. The highest BCUT2D eigenvalue weighted by Crippen LogP contribution is 2.34. The van der Waals surface area contributed by atoms with Gasteiger partial charge in [-0.2, -0.15) is 0 Å². The van der Waals surface area contributed by atoms with Crippen LogP contribution in [0.1, 0.15) is 0 Å². The van der Waals surface area contributed by atoms with Crippen LogP contribution < -0.4 is 9.80 Å². The van der Waals surface area contributed by atoms with Crippen LogP contribution in [0.3, 0.4) is 0 Å². The molecule has 0 unspecified atom stereocenters. The summed E-state index contributed by atoms with van der Waals surface area (Å²) in [4.78, 5) is 4.50. The predicted molar refractivity (Wildman–Crippen MR) is 166 cm³/mol. The first-order valence-electron chi connectivity index (χ1n) is 12.8. The second-order valence-electron chi connectivity index (χ2n) is 8.68. The number of anilines is 6. The van der Waals surface area contributed by atoms with Gasteiger partial charge in [-0.1, -0.05) is 109 Å². The van der Waals surface area contributed by atoms with Crippen molar-refractivity contribution in [3.05, 3.63) is 182 Å². The highest BCUT2D eigenvalue weighted by atomic mass is 16.0. The zero-order valence-corrected chi connectivity index (χ0v) is 21.7. The van der Waals surface area contributed by atoms with Crippen LogP contribution in [0.2, 0.25) is 0 Å². The van der Waals surface area contributed by atoms with Crippen molar-refractivity contribution in [3.8, 4) is 0 Å². The molecule has 39 heavy (non-hydrogen) atoms. The first kappa shape index (κ1) is 26.9. The van der Waals surface area contributed by atoms with E-state index in [4.69, 9.17) is 0 Å². The Morgan fingerprint density at radius 2 is 0.333 bits per heavy atom. The van der Waals surface area contributed by atoms with Crippen molar-refractivity contribution in [3.63, 3.8) is 0 Å². The second-order valence-corrected chi connectivity index (χ2v) is 8.68. The fourth-order valence-corrected chi connectivity index (χ4v) is 4.36. The summed E-state index contributed by atoms with van der Waals surface area (Å²) < 4.78 is 0. The number of benzene rings is 6. The Morgan fingerprint density at radius 1 is 0.205 bits per heavy atom. The van der Waals surface area contributed by atoms with Crippen LogP contribution in [0.4, 0.5) is 34.1 Å². The third-order valence-electron chi connectivity index (χ3n) is 6.09. The largest absolute Gasteiger partial charge is 0.412 e. The Balaban J connectivity index is 0.000000176. The van der Waals surface area contributed by atoms with Crippen molar-refractivity contribution in [1.29, 1.82) is 0 Å². The lowest BCUT2D eigenvalue weighted by molar-refractivity contribution is 0.824. The molecule has 0 heterocycles. The molecule has 0 bridgehead atoms. The van der Waals surface area contributed by atoms with E-state index in [0.29, 0.717) is 0 Å². The van der Waals surface area contributed by atoms with Gasteiger partial charge in [0.05, 0.1) is 0 Å². The molecule has 0 spiro atoms. The third-order valence-corrected chi connectivity index (χ3v) is 6.09. The lowest BCUT2D eigenvalue weighted by Crippen LogP contribution is -2.09. The van der Waals surface area contributed by atoms with Crippen LogP contribution in [-0.4, -0.2) is 5.48 Å². The van der Waals surface area contributed by atoms with Gasteiger partial charge in [-0.25, -0.2) is 0 Å². The number of hydrogen-bond donors (Lipinski definition) is 0. The molecule has 3 nitrogen and oxygen atoms in total. The summed E-state index contributed by atoms with van der Waals surface area (Å²) in [7, 11) is 0. The van der Waals surface area contributed by atoms with Crippen LogP contribution in [-0.2, 0) is 0 Å². The maximum absolute atomic E-state index is 2.25. The van der Waals surface area contributed by atoms with Gasteiger partial charge in [-0.3, -0.25) is 0 Å². The minimum Gasteiger partial charge on any atom is -0.412 e. The van der Waals surface area contributed by atoms with E-state index in [0.717, 1.165) is 0 Å². The molecule has 0 aliphatic carbocycles. The van der Waals surface area contributed by atoms with E-state index in [2.05, 4.69) is 155 Å². The number of rotatable bonds is 6. The van der Waals surface area contributed by atoms with Gasteiger partial charge in [0.2, 0.25) is 0 Å². The van der Waals surface area contributed by atoms with Crippen LogP contribution in [0.5, 0.6) is 0 Å². The summed E-state index contributed by atoms with van der Waals surface area (Å²) in [5.41, 5.74) is 7.00. The lowest BCUT2D eigenvalue weighted by Gasteiger charge is -2.25. The maximum atomic E-state index is 2.25. The van der Waals surface area contributed by atoms with Crippen molar-refractivity contribution < 1.29 is 5.48 Å². The summed E-state index contributed by atoms with van der Waals surface area (Å²) in [6.07, 6.45) is 0. The van der Waals surface area contributed by atoms with E-state index >= 15 is 0 Å². The second kappa shape index (κ2) is 14.0. The molecule has 0 atom stereocenters. The van der Waals surface area contributed by atoms with E-state index in [1.165, 1.54) is 34.1 Å². The van der Waals surface area contributed by atoms with E-state index < -0.39 is 0 Å². The predicted octanol–water partition coefficient (Wildman–Crippen LogP) is 9.49. The van der Waals surface area contributed by atoms with Crippen molar-refractivity contribution in [2.24, 2.45) is 0 Å². The normalized spacial score (nSPS) is 9.85. The summed E-state index contributed by atoms with van der Waals surface area (Å²) in [6, 6.07) is 62.5. The average molecular weight is 509 g/mol. The van der Waals surface area contributed by atoms with Crippen LogP contribution in [0, 0.1) is 0 Å². The fourth-order valence-electron chi connectivity index (χ4n) is 4.36. The van der Waals surface area contributed by atoms with Gasteiger partial charge in [0, 0.05) is 34.1 Å². The van der Waals surface area contributed by atoms with E-state index in [1.54, 1.807) is 0 Å². The number of para-hydroxylation sites is 6. The fraction of sp³-hybridized carbons (Fsp3) is 0. The quantitative estimate of drug-likeness (QED) is 0.225. The SMILES string of the molecule is O.c1ccc(N(c2ccccc2)c2ccccc2)cc1.c1ccc(N(c2ccccc2)c2ccccc2)cc1. The Morgan fingerprint density at radius 3 is 0.462 bits per heavy atom. The zero-order valence-electron chi connectivity index (χ0n) is 21.7. The minimum absolute atomic E-state index is 0. The highest BCUT2D eigenvalue weighted by molar-refractivity contribution is 5.77. The van der Waals surface area contributed by atoms with E-state index in [1.807, 2.05) is 36.4 Å². The molecule has 0 saturated heterocycles. The van der Waals surface area contributed by atoms with Gasteiger partial charge in [0.25, 0.3) is 0 Å². The summed E-state index contributed by atoms with van der Waals surface area (Å²) >= 11 is 0. The van der Waals surface area contributed by atoms with E-state index in [9.17, 15) is 0 Å². The number of nitrogens with zero attached hydrogens (tertiary/aromatic N) is 2. The molecule has 0 aliphatic rings. The smallest absolute Gasteiger partial charge is 0.0461 e. The molecule has 0 aliphatic heterocycles. The van der Waals surface area contributed by atoms with Gasteiger partial charge in [0.1, 0.15) is 0 Å². The molecule has 6 rings (SSSR count). The first-order valence-corrected chi connectivity index (χ1v) is 12.8. The van der Waals surface area contributed by atoms with Crippen LogP contribution in [0.15, 0.2) is 182 Å². The molecule has 0 radical (unpaired) electrons. The molecule has 6 aromatic carbocycles. The molecular formula is C36H32N2O. The summed E-state index contributed by atoms with van der Waals surface area (Å²) in [6.45, 7) is 0.